The fourth-order valence-electron chi connectivity index (χ4n) is 3.73. The summed E-state index contributed by atoms with van der Waals surface area (Å²) in [6.07, 6.45) is 3.47. The van der Waals surface area contributed by atoms with Crippen molar-refractivity contribution in [2.24, 2.45) is 9.98 Å². The van der Waals surface area contributed by atoms with Crippen LogP contribution in [0, 0.1) is 6.92 Å². The molecular weight excluding hydrogens is 396 g/mol. The number of anilines is 1. The molecule has 1 N–H and O–H groups in total. The molecule has 0 aliphatic carbocycles. The van der Waals surface area contributed by atoms with Gasteiger partial charge in [0.05, 0.1) is 12.8 Å². The van der Waals surface area contributed by atoms with E-state index in [1.54, 1.807) is 18.9 Å². The number of hydrogen-bond acceptors (Lipinski definition) is 5. The second kappa shape index (κ2) is 8.52. The van der Waals surface area contributed by atoms with Crippen LogP contribution in [0.25, 0.3) is 0 Å². The van der Waals surface area contributed by atoms with Gasteiger partial charge in [-0.1, -0.05) is 17.7 Å². The topological polar surface area (TPSA) is 66.3 Å². The quantitative estimate of drug-likeness (QED) is 0.787. The number of amides is 2. The molecular formula is C23H26N4O2S. The highest BCUT2D eigenvalue weighted by Gasteiger charge is 2.40. The maximum atomic E-state index is 12.6. The molecule has 2 aliphatic heterocycles. The number of carbonyl (C=O) groups excluding carboxylic acids is 1. The molecule has 7 heteroatoms. The van der Waals surface area contributed by atoms with Crippen LogP contribution >= 0.6 is 11.8 Å². The number of aliphatic imine (C=N–C) groups is 2. The van der Waals surface area contributed by atoms with Gasteiger partial charge < -0.3 is 15.0 Å². The summed E-state index contributed by atoms with van der Waals surface area (Å²) in [5.74, 6) is 0.822. The lowest BCUT2D eigenvalue weighted by atomic mass is 9.98. The first kappa shape index (κ1) is 20.5. The van der Waals surface area contributed by atoms with Crippen molar-refractivity contribution < 1.29 is 9.53 Å². The van der Waals surface area contributed by atoms with Crippen LogP contribution in [-0.4, -0.2) is 53.8 Å². The minimum absolute atomic E-state index is 0.0693. The van der Waals surface area contributed by atoms with E-state index in [2.05, 4.69) is 5.32 Å². The molecule has 0 bridgehead atoms. The third-order valence-corrected chi connectivity index (χ3v) is 6.21. The van der Waals surface area contributed by atoms with Gasteiger partial charge in [0.1, 0.15) is 10.8 Å². The molecule has 2 heterocycles. The Morgan fingerprint density at radius 2 is 1.73 bits per heavy atom. The van der Waals surface area contributed by atoms with E-state index in [-0.39, 0.29) is 6.03 Å². The molecule has 0 atom stereocenters. The van der Waals surface area contributed by atoms with Gasteiger partial charge in [-0.25, -0.2) is 9.79 Å². The Labute approximate surface area is 181 Å². The molecule has 2 aliphatic rings. The lowest BCUT2D eigenvalue weighted by molar-refractivity contribution is 0.175. The van der Waals surface area contributed by atoms with Crippen LogP contribution in [0.5, 0.6) is 5.75 Å². The number of likely N-dealkylation sites (tertiary alicyclic amines) is 1. The summed E-state index contributed by atoms with van der Waals surface area (Å²) in [5.41, 5.74) is 3.49. The molecule has 1 fully saturated rings. The number of nitrogens with zero attached hydrogens (tertiary/aromatic N) is 3. The zero-order valence-corrected chi connectivity index (χ0v) is 18.3. The lowest BCUT2D eigenvalue weighted by Gasteiger charge is -2.35. The second-order valence-electron chi connectivity index (χ2n) is 7.58. The Balaban J connectivity index is 1.45. The smallest absolute Gasteiger partial charge is 0.321 e. The van der Waals surface area contributed by atoms with Crippen LogP contribution in [0.3, 0.4) is 0 Å². The molecule has 4 rings (SSSR count). The monoisotopic (exact) mass is 422 g/mol. The fraction of sp³-hybridized carbons (Fsp3) is 0.348. The minimum atomic E-state index is -0.464. The molecule has 2 amide bonds. The van der Waals surface area contributed by atoms with E-state index >= 15 is 0 Å². The molecule has 0 unspecified atom stereocenters. The van der Waals surface area contributed by atoms with Gasteiger partial charge >= 0.3 is 6.03 Å². The van der Waals surface area contributed by atoms with Crippen LogP contribution in [0.15, 0.2) is 58.5 Å². The van der Waals surface area contributed by atoms with E-state index in [0.717, 1.165) is 40.6 Å². The second-order valence-corrected chi connectivity index (χ2v) is 8.37. The molecule has 2 aromatic carbocycles. The van der Waals surface area contributed by atoms with Crippen LogP contribution in [0.4, 0.5) is 10.5 Å². The van der Waals surface area contributed by atoms with Gasteiger partial charge in [0.2, 0.25) is 0 Å². The fourth-order valence-corrected chi connectivity index (χ4v) is 4.35. The van der Waals surface area contributed by atoms with Crippen LogP contribution < -0.4 is 10.1 Å². The third kappa shape index (κ3) is 4.21. The summed E-state index contributed by atoms with van der Waals surface area (Å²) in [5, 5.41) is 3.94. The highest BCUT2D eigenvalue weighted by atomic mass is 32.2. The molecule has 0 aromatic heterocycles. The number of piperidine rings is 1. The Hall–Kier alpha value is -2.80. The summed E-state index contributed by atoms with van der Waals surface area (Å²) in [4.78, 5) is 24.5. The highest BCUT2D eigenvalue weighted by molar-refractivity contribution is 8.15. The molecule has 1 spiro atoms. The Kier molecular flexibility index (Phi) is 5.81. The first-order valence-corrected chi connectivity index (χ1v) is 11.3. The predicted octanol–water partition coefficient (Wildman–Crippen LogP) is 4.59. The number of aryl methyl sites for hydroxylation is 1. The Morgan fingerprint density at radius 1 is 1.07 bits per heavy atom. The number of benzene rings is 2. The van der Waals surface area contributed by atoms with Crippen LogP contribution in [0.2, 0.25) is 0 Å². The van der Waals surface area contributed by atoms with E-state index in [0.29, 0.717) is 13.1 Å². The van der Waals surface area contributed by atoms with Crippen LogP contribution in [-0.2, 0) is 0 Å². The van der Waals surface area contributed by atoms with Crippen molar-refractivity contribution in [2.75, 3.05) is 31.8 Å². The van der Waals surface area contributed by atoms with Gasteiger partial charge in [0.15, 0.2) is 5.66 Å². The summed E-state index contributed by atoms with van der Waals surface area (Å²) in [6.45, 7) is 3.28. The van der Waals surface area contributed by atoms with E-state index in [9.17, 15) is 4.79 Å². The van der Waals surface area contributed by atoms with Crippen molar-refractivity contribution in [3.8, 4) is 5.75 Å². The molecule has 156 valence electrons. The van der Waals surface area contributed by atoms with Crippen molar-refractivity contribution in [3.63, 3.8) is 0 Å². The number of methoxy groups -OCH3 is 1. The van der Waals surface area contributed by atoms with E-state index in [4.69, 9.17) is 14.7 Å². The summed E-state index contributed by atoms with van der Waals surface area (Å²) in [6, 6.07) is 15.7. The molecule has 0 radical (unpaired) electrons. The van der Waals surface area contributed by atoms with Crippen molar-refractivity contribution in [1.82, 2.24) is 4.90 Å². The molecule has 1 saturated heterocycles. The van der Waals surface area contributed by atoms with Gasteiger partial charge in [-0.05, 0) is 49.6 Å². The first-order valence-electron chi connectivity index (χ1n) is 10.0. The van der Waals surface area contributed by atoms with Crippen molar-refractivity contribution in [3.05, 3.63) is 59.7 Å². The molecule has 0 saturated carbocycles. The van der Waals surface area contributed by atoms with Crippen molar-refractivity contribution >= 4 is 34.2 Å². The molecule has 30 heavy (non-hydrogen) atoms. The highest BCUT2D eigenvalue weighted by Crippen LogP contribution is 2.35. The maximum absolute atomic E-state index is 12.6. The number of thioether (sulfide) groups is 1. The Morgan fingerprint density at radius 3 is 2.33 bits per heavy atom. The van der Waals surface area contributed by atoms with Gasteiger partial charge in [-0.15, -0.1) is 11.8 Å². The maximum Gasteiger partial charge on any atom is 0.321 e. The summed E-state index contributed by atoms with van der Waals surface area (Å²) in [7, 11) is 1.66. The minimum Gasteiger partial charge on any atom is -0.497 e. The summed E-state index contributed by atoms with van der Waals surface area (Å²) < 4.78 is 5.26. The van der Waals surface area contributed by atoms with Crippen molar-refractivity contribution in [2.45, 2.75) is 25.4 Å². The van der Waals surface area contributed by atoms with Gasteiger partial charge in [0.25, 0.3) is 0 Å². The van der Waals surface area contributed by atoms with Crippen molar-refractivity contribution in [1.29, 1.82) is 0 Å². The Bertz CT molecular complexity index is 975. The van der Waals surface area contributed by atoms with E-state index in [1.807, 2.05) is 66.6 Å². The molecule has 6 nitrogen and oxygen atoms in total. The van der Waals surface area contributed by atoms with Gasteiger partial charge in [-0.2, -0.15) is 0 Å². The number of ether oxygens (including phenoxy) is 1. The number of urea groups is 1. The van der Waals surface area contributed by atoms with Gasteiger partial charge in [-0.3, -0.25) is 4.99 Å². The zero-order chi connectivity index (χ0) is 21.1. The third-order valence-electron chi connectivity index (χ3n) is 5.54. The van der Waals surface area contributed by atoms with E-state index < -0.39 is 5.66 Å². The van der Waals surface area contributed by atoms with Crippen LogP contribution in [0.1, 0.15) is 24.0 Å². The largest absolute Gasteiger partial charge is 0.497 e. The summed E-state index contributed by atoms with van der Waals surface area (Å²) >= 11 is 1.62. The lowest BCUT2D eigenvalue weighted by Crippen LogP contribution is -2.46. The zero-order valence-electron chi connectivity index (χ0n) is 17.5. The number of carbonyl (C=O) groups is 1. The predicted molar refractivity (Wildman–Crippen MR) is 124 cm³/mol. The molecule has 2 aromatic rings. The van der Waals surface area contributed by atoms with E-state index in [1.165, 1.54) is 5.56 Å². The van der Waals surface area contributed by atoms with Gasteiger partial charge in [0, 0.05) is 37.2 Å². The standard InChI is InChI=1S/C23H26N4O2S/c1-16-4-8-18(9-5-16)24-22(28)27-14-12-23(13-15-27)25-20(21(26-23)30-3)17-6-10-19(29-2)11-7-17/h4-11H,12-15H2,1-3H3,(H,24,28). The number of rotatable bonds is 3. The number of nitrogens with one attached hydrogen (secondary N) is 1. The average molecular weight is 423 g/mol. The normalized spacial score (nSPS) is 17.5. The number of hydrogen-bond donors (Lipinski definition) is 1. The average Bonchev–Trinajstić information content (AvgIpc) is 3.14. The first-order chi connectivity index (χ1) is 14.5. The SMILES string of the molecule is COc1ccc(C2=NC3(CCN(C(=O)Nc4ccc(C)cc4)CC3)N=C2SC)cc1.